The van der Waals surface area contributed by atoms with Crippen molar-refractivity contribution in [2.45, 2.75) is 76.5 Å². The molecule has 1 aliphatic carbocycles. The zero-order valence-electron chi connectivity index (χ0n) is 13.4. The van der Waals surface area contributed by atoms with Crippen molar-refractivity contribution >= 4 is 10.0 Å². The van der Waals surface area contributed by atoms with Crippen LogP contribution in [-0.4, -0.2) is 45.0 Å². The van der Waals surface area contributed by atoms with Crippen molar-refractivity contribution in [3.05, 3.63) is 0 Å². The maximum absolute atomic E-state index is 12.1. The number of hydrogen-bond acceptors (Lipinski definition) is 4. The topological polar surface area (TPSA) is 67.4 Å². The van der Waals surface area contributed by atoms with Gasteiger partial charge < -0.3 is 10.1 Å². The summed E-state index contributed by atoms with van der Waals surface area (Å²) in [6.45, 7) is 5.01. The molecular formula is C15H30N2O3S. The van der Waals surface area contributed by atoms with E-state index in [0.717, 1.165) is 19.4 Å². The van der Waals surface area contributed by atoms with Crippen LogP contribution in [0.1, 0.15) is 58.8 Å². The summed E-state index contributed by atoms with van der Waals surface area (Å²) < 4.78 is 32.5. The first-order valence-corrected chi connectivity index (χ1v) is 9.93. The van der Waals surface area contributed by atoms with Crippen molar-refractivity contribution in [2.24, 2.45) is 0 Å². The van der Waals surface area contributed by atoms with E-state index in [4.69, 9.17) is 4.74 Å². The van der Waals surface area contributed by atoms with Gasteiger partial charge in [-0.05, 0) is 46.1 Å². The van der Waals surface area contributed by atoms with Crippen molar-refractivity contribution in [3.63, 3.8) is 0 Å². The maximum atomic E-state index is 12.1. The molecule has 6 heteroatoms. The molecule has 0 aromatic rings. The van der Waals surface area contributed by atoms with Gasteiger partial charge in [-0.3, -0.25) is 0 Å². The zero-order chi connectivity index (χ0) is 15.3. The van der Waals surface area contributed by atoms with Crippen LogP contribution in [0.25, 0.3) is 0 Å². The van der Waals surface area contributed by atoms with E-state index >= 15 is 0 Å². The van der Waals surface area contributed by atoms with Gasteiger partial charge in [-0.15, -0.1) is 0 Å². The van der Waals surface area contributed by atoms with E-state index in [2.05, 4.69) is 10.0 Å². The molecular weight excluding hydrogens is 288 g/mol. The Kier molecular flexibility index (Phi) is 6.05. The van der Waals surface area contributed by atoms with Crippen LogP contribution in [0.15, 0.2) is 0 Å². The number of hydrogen-bond donors (Lipinski definition) is 2. The van der Waals surface area contributed by atoms with Crippen LogP contribution >= 0.6 is 0 Å². The highest BCUT2D eigenvalue weighted by Crippen LogP contribution is 2.34. The van der Waals surface area contributed by atoms with Gasteiger partial charge in [0, 0.05) is 11.6 Å². The first-order chi connectivity index (χ1) is 9.91. The third-order valence-electron chi connectivity index (χ3n) is 4.59. The molecule has 2 N–H and O–H groups in total. The standard InChI is InChI=1S/C15H30N2O3S/c1-13(2)20-10-11-21(18,19)17-14-6-9-16-15(12-14)7-4-3-5-8-15/h13-14,16-17H,3-12H2,1-2H3. The molecule has 1 spiro atoms. The number of rotatable bonds is 6. The first kappa shape index (κ1) is 17.2. The molecule has 1 heterocycles. The van der Waals surface area contributed by atoms with Crippen LogP contribution in [0.2, 0.25) is 0 Å². The van der Waals surface area contributed by atoms with Gasteiger partial charge in [0.25, 0.3) is 0 Å². The highest BCUT2D eigenvalue weighted by molar-refractivity contribution is 7.89. The second-order valence-corrected chi connectivity index (χ2v) is 8.69. The minimum absolute atomic E-state index is 0.0576. The second-order valence-electron chi connectivity index (χ2n) is 6.81. The maximum Gasteiger partial charge on any atom is 0.214 e. The highest BCUT2D eigenvalue weighted by Gasteiger charge is 2.37. The molecule has 1 saturated heterocycles. The lowest BCUT2D eigenvalue weighted by Gasteiger charge is -2.44. The van der Waals surface area contributed by atoms with Crippen molar-refractivity contribution in [3.8, 4) is 0 Å². The van der Waals surface area contributed by atoms with Gasteiger partial charge in [0.1, 0.15) is 0 Å². The van der Waals surface area contributed by atoms with E-state index in [1.807, 2.05) is 13.8 Å². The monoisotopic (exact) mass is 318 g/mol. The van der Waals surface area contributed by atoms with Crippen LogP contribution in [0.4, 0.5) is 0 Å². The third-order valence-corrected chi connectivity index (χ3v) is 5.99. The Balaban J connectivity index is 1.83. The van der Waals surface area contributed by atoms with Crippen molar-refractivity contribution in [2.75, 3.05) is 18.9 Å². The molecule has 2 rings (SSSR count). The molecule has 124 valence electrons. The average Bonchev–Trinajstić information content (AvgIpc) is 2.38. The molecule has 1 aliphatic heterocycles. The van der Waals surface area contributed by atoms with Gasteiger partial charge in [0.15, 0.2) is 0 Å². The number of ether oxygens (including phenoxy) is 1. The van der Waals surface area contributed by atoms with E-state index in [-0.39, 0.29) is 30.0 Å². The van der Waals surface area contributed by atoms with Gasteiger partial charge in [-0.1, -0.05) is 19.3 Å². The van der Waals surface area contributed by atoms with Crippen molar-refractivity contribution < 1.29 is 13.2 Å². The Hall–Kier alpha value is -0.170. The van der Waals surface area contributed by atoms with Crippen molar-refractivity contribution in [1.29, 1.82) is 0 Å². The molecule has 2 fully saturated rings. The summed E-state index contributed by atoms with van der Waals surface area (Å²) in [6.07, 6.45) is 8.08. The van der Waals surface area contributed by atoms with E-state index in [9.17, 15) is 8.42 Å². The molecule has 5 nitrogen and oxygen atoms in total. The minimum Gasteiger partial charge on any atom is -0.378 e. The van der Waals surface area contributed by atoms with E-state index in [1.165, 1.54) is 32.1 Å². The lowest BCUT2D eigenvalue weighted by Crippen LogP contribution is -2.57. The Labute approximate surface area is 129 Å². The number of nitrogens with one attached hydrogen (secondary N) is 2. The first-order valence-electron chi connectivity index (χ1n) is 8.27. The molecule has 2 aliphatic rings. The summed E-state index contributed by atoms with van der Waals surface area (Å²) in [5.74, 6) is 0.0576. The summed E-state index contributed by atoms with van der Waals surface area (Å²) >= 11 is 0. The van der Waals surface area contributed by atoms with E-state index in [0.29, 0.717) is 0 Å². The Morgan fingerprint density at radius 1 is 1.29 bits per heavy atom. The molecule has 1 unspecified atom stereocenters. The van der Waals surface area contributed by atoms with Crippen molar-refractivity contribution in [1.82, 2.24) is 10.0 Å². The third kappa shape index (κ3) is 5.51. The summed E-state index contributed by atoms with van der Waals surface area (Å²) in [7, 11) is -3.23. The lowest BCUT2D eigenvalue weighted by molar-refractivity contribution is 0.0910. The summed E-state index contributed by atoms with van der Waals surface area (Å²) in [4.78, 5) is 0. The second kappa shape index (κ2) is 7.40. The van der Waals surface area contributed by atoms with E-state index < -0.39 is 10.0 Å². The summed E-state index contributed by atoms with van der Waals surface area (Å²) in [5, 5.41) is 3.65. The molecule has 0 aromatic carbocycles. The predicted octanol–water partition coefficient (Wildman–Crippen LogP) is 1.79. The minimum atomic E-state index is -3.23. The molecule has 21 heavy (non-hydrogen) atoms. The van der Waals surface area contributed by atoms with Gasteiger partial charge in [-0.25, -0.2) is 13.1 Å². The molecule has 1 saturated carbocycles. The van der Waals surface area contributed by atoms with Gasteiger partial charge in [0.05, 0.1) is 18.5 Å². The predicted molar refractivity (Wildman–Crippen MR) is 84.9 cm³/mol. The molecule has 1 atom stereocenters. The molecule has 0 aromatic heterocycles. The van der Waals surface area contributed by atoms with Gasteiger partial charge in [0.2, 0.25) is 10.0 Å². The smallest absolute Gasteiger partial charge is 0.214 e. The largest absolute Gasteiger partial charge is 0.378 e. The zero-order valence-corrected chi connectivity index (χ0v) is 14.2. The highest BCUT2D eigenvalue weighted by atomic mass is 32.2. The van der Waals surface area contributed by atoms with Crippen LogP contribution in [-0.2, 0) is 14.8 Å². The van der Waals surface area contributed by atoms with Crippen LogP contribution in [0, 0.1) is 0 Å². The Morgan fingerprint density at radius 3 is 2.67 bits per heavy atom. The number of sulfonamides is 1. The molecule has 0 bridgehead atoms. The Bertz CT molecular complexity index is 411. The van der Waals surface area contributed by atoms with Crippen LogP contribution < -0.4 is 10.0 Å². The fourth-order valence-corrected chi connectivity index (χ4v) is 4.72. The van der Waals surface area contributed by atoms with Gasteiger partial charge in [-0.2, -0.15) is 0 Å². The molecule has 0 amide bonds. The summed E-state index contributed by atoms with van der Waals surface area (Å²) in [5.41, 5.74) is 0.179. The number of piperidine rings is 1. The fraction of sp³-hybridized carbons (Fsp3) is 1.00. The van der Waals surface area contributed by atoms with Gasteiger partial charge >= 0.3 is 0 Å². The normalized spacial score (nSPS) is 26.3. The van der Waals surface area contributed by atoms with Crippen LogP contribution in [0.3, 0.4) is 0 Å². The van der Waals surface area contributed by atoms with Crippen LogP contribution in [0.5, 0.6) is 0 Å². The SMILES string of the molecule is CC(C)OCCS(=O)(=O)NC1CCNC2(CCCCC2)C1. The fourth-order valence-electron chi connectivity index (χ4n) is 3.57. The quantitative estimate of drug-likeness (QED) is 0.783. The lowest BCUT2D eigenvalue weighted by atomic mass is 9.75. The Morgan fingerprint density at radius 2 is 2.00 bits per heavy atom. The summed E-state index contributed by atoms with van der Waals surface area (Å²) in [6, 6.07) is 0.0772. The molecule has 0 radical (unpaired) electrons. The average molecular weight is 318 g/mol. The van der Waals surface area contributed by atoms with E-state index in [1.54, 1.807) is 0 Å².